The van der Waals surface area contributed by atoms with E-state index < -0.39 is 17.9 Å². The van der Waals surface area contributed by atoms with Crippen molar-refractivity contribution < 1.29 is 14.3 Å². The van der Waals surface area contributed by atoms with Crippen LogP contribution in [0.15, 0.2) is 0 Å². The molecule has 0 aliphatic heterocycles. The van der Waals surface area contributed by atoms with Crippen LogP contribution in [-0.2, 0) is 14.3 Å². The summed E-state index contributed by atoms with van der Waals surface area (Å²) in [7, 11) is 0. The van der Waals surface area contributed by atoms with Crippen molar-refractivity contribution in [2.75, 3.05) is 13.2 Å². The Hall–Kier alpha value is -1.10. The number of carbonyl (C=O) groups excluding carboxylic acids is 2. The van der Waals surface area contributed by atoms with Crippen LogP contribution < -0.4 is 11.1 Å². The summed E-state index contributed by atoms with van der Waals surface area (Å²) < 4.78 is 4.70. The van der Waals surface area contributed by atoms with Gasteiger partial charge in [-0.1, -0.05) is 19.8 Å². The molecule has 0 radical (unpaired) electrons. The van der Waals surface area contributed by atoms with E-state index in [1.807, 2.05) is 0 Å². The van der Waals surface area contributed by atoms with Gasteiger partial charge in [0.2, 0.25) is 5.91 Å². The highest BCUT2D eigenvalue weighted by atomic mass is 16.5. The third kappa shape index (κ3) is 4.00. The zero-order valence-corrected chi connectivity index (χ0v) is 10.6. The minimum Gasteiger partial charge on any atom is -0.464 e. The van der Waals surface area contributed by atoms with E-state index in [9.17, 15) is 9.59 Å². The largest absolute Gasteiger partial charge is 0.464 e. The Kier molecular flexibility index (Phi) is 4.93. The molecule has 0 spiro atoms. The van der Waals surface area contributed by atoms with Gasteiger partial charge in [-0.05, 0) is 25.2 Å². The Morgan fingerprint density at radius 3 is 2.53 bits per heavy atom. The summed E-state index contributed by atoms with van der Waals surface area (Å²) in [6, 6.07) is -1.21. The van der Waals surface area contributed by atoms with Crippen LogP contribution in [0.5, 0.6) is 0 Å². The van der Waals surface area contributed by atoms with Gasteiger partial charge in [0.25, 0.3) is 0 Å². The second kappa shape index (κ2) is 6.00. The van der Waals surface area contributed by atoms with E-state index in [1.54, 1.807) is 6.92 Å². The Labute approximate surface area is 102 Å². The minimum atomic E-state index is -1.21. The molecule has 1 aliphatic rings. The van der Waals surface area contributed by atoms with Gasteiger partial charge in [0, 0.05) is 6.54 Å². The van der Waals surface area contributed by atoms with Crippen LogP contribution in [0, 0.1) is 5.41 Å². The van der Waals surface area contributed by atoms with Gasteiger partial charge in [-0.15, -0.1) is 0 Å². The number of nitrogens with two attached hydrogens (primary N) is 1. The van der Waals surface area contributed by atoms with Gasteiger partial charge >= 0.3 is 5.97 Å². The Morgan fingerprint density at radius 1 is 1.41 bits per heavy atom. The number of hydrogen-bond donors (Lipinski definition) is 2. The van der Waals surface area contributed by atoms with E-state index in [1.165, 1.54) is 12.8 Å². The molecule has 5 heteroatoms. The number of hydrogen-bond acceptors (Lipinski definition) is 4. The van der Waals surface area contributed by atoms with Crippen LogP contribution in [0.1, 0.15) is 39.5 Å². The van der Waals surface area contributed by atoms with Crippen molar-refractivity contribution in [2.24, 2.45) is 11.1 Å². The van der Waals surface area contributed by atoms with E-state index in [0.717, 1.165) is 12.8 Å². The smallest absolute Gasteiger partial charge is 0.332 e. The summed E-state index contributed by atoms with van der Waals surface area (Å²) in [6.45, 7) is 4.65. The highest BCUT2D eigenvalue weighted by molar-refractivity contribution is 6.01. The topological polar surface area (TPSA) is 81.4 Å². The second-order valence-electron chi connectivity index (χ2n) is 4.97. The molecule has 1 rings (SSSR count). The molecule has 0 aromatic heterocycles. The summed E-state index contributed by atoms with van der Waals surface area (Å²) >= 11 is 0. The van der Waals surface area contributed by atoms with Gasteiger partial charge in [0.05, 0.1) is 6.61 Å². The van der Waals surface area contributed by atoms with Crippen molar-refractivity contribution in [1.82, 2.24) is 5.32 Å². The first-order valence-electron chi connectivity index (χ1n) is 6.18. The highest BCUT2D eigenvalue weighted by Crippen LogP contribution is 2.36. The maximum atomic E-state index is 11.6. The lowest BCUT2D eigenvalue weighted by atomic mass is 9.89. The standard InChI is InChI=1S/C12H22N2O3/c1-3-17-11(16)9(13)10(15)14-8-12(2)6-4-5-7-12/h9H,3-8,13H2,1-2H3,(H,14,15). The molecular formula is C12H22N2O3. The van der Waals surface area contributed by atoms with Crippen molar-refractivity contribution in [1.29, 1.82) is 0 Å². The van der Waals surface area contributed by atoms with Crippen molar-refractivity contribution in [3.05, 3.63) is 0 Å². The number of esters is 1. The summed E-state index contributed by atoms with van der Waals surface area (Å²) in [6.07, 6.45) is 4.64. The quantitative estimate of drug-likeness (QED) is 0.545. The number of rotatable bonds is 5. The lowest BCUT2D eigenvalue weighted by Gasteiger charge is -2.24. The van der Waals surface area contributed by atoms with E-state index in [4.69, 9.17) is 10.5 Å². The lowest BCUT2D eigenvalue weighted by Crippen LogP contribution is -2.49. The van der Waals surface area contributed by atoms with Crippen LogP contribution in [0.4, 0.5) is 0 Å². The maximum absolute atomic E-state index is 11.6. The molecule has 0 aromatic rings. The molecule has 17 heavy (non-hydrogen) atoms. The van der Waals surface area contributed by atoms with Crippen molar-refractivity contribution in [3.8, 4) is 0 Å². The Morgan fingerprint density at radius 2 is 2.00 bits per heavy atom. The van der Waals surface area contributed by atoms with Gasteiger partial charge in [-0.25, -0.2) is 4.79 Å². The van der Waals surface area contributed by atoms with E-state index in [0.29, 0.717) is 6.54 Å². The minimum absolute atomic E-state index is 0.157. The number of carbonyl (C=O) groups is 2. The fourth-order valence-corrected chi connectivity index (χ4v) is 2.15. The van der Waals surface area contributed by atoms with E-state index in [2.05, 4.69) is 12.2 Å². The van der Waals surface area contributed by atoms with Crippen LogP contribution in [0.25, 0.3) is 0 Å². The average Bonchev–Trinajstić information content (AvgIpc) is 2.73. The van der Waals surface area contributed by atoms with Crippen LogP contribution in [-0.4, -0.2) is 31.1 Å². The van der Waals surface area contributed by atoms with Gasteiger partial charge in [-0.3, -0.25) is 4.79 Å². The molecule has 1 unspecified atom stereocenters. The molecule has 1 fully saturated rings. The molecule has 1 atom stereocenters. The van der Waals surface area contributed by atoms with Crippen molar-refractivity contribution in [3.63, 3.8) is 0 Å². The zero-order valence-electron chi connectivity index (χ0n) is 10.6. The Balaban J connectivity index is 2.36. The van der Waals surface area contributed by atoms with Crippen molar-refractivity contribution in [2.45, 2.75) is 45.6 Å². The van der Waals surface area contributed by atoms with Gasteiger partial charge in [0.15, 0.2) is 6.04 Å². The molecule has 98 valence electrons. The molecule has 0 bridgehead atoms. The number of amides is 1. The van der Waals surface area contributed by atoms with Gasteiger partial charge < -0.3 is 15.8 Å². The summed E-state index contributed by atoms with van der Waals surface area (Å²) in [5.41, 5.74) is 5.64. The zero-order chi connectivity index (χ0) is 12.9. The van der Waals surface area contributed by atoms with Gasteiger partial charge in [0.1, 0.15) is 0 Å². The molecule has 0 heterocycles. The molecule has 0 saturated heterocycles. The number of ether oxygens (including phenoxy) is 1. The van der Waals surface area contributed by atoms with Crippen LogP contribution >= 0.6 is 0 Å². The molecule has 1 amide bonds. The normalized spacial score (nSPS) is 19.7. The number of nitrogens with one attached hydrogen (secondary N) is 1. The fraction of sp³-hybridized carbons (Fsp3) is 0.833. The molecule has 1 saturated carbocycles. The molecule has 1 aliphatic carbocycles. The maximum Gasteiger partial charge on any atom is 0.332 e. The molecule has 5 nitrogen and oxygen atoms in total. The summed E-state index contributed by atoms with van der Waals surface area (Å²) in [5, 5.41) is 2.74. The van der Waals surface area contributed by atoms with Crippen LogP contribution in [0.3, 0.4) is 0 Å². The lowest BCUT2D eigenvalue weighted by molar-refractivity contribution is -0.148. The average molecular weight is 242 g/mol. The second-order valence-corrected chi connectivity index (χ2v) is 4.97. The summed E-state index contributed by atoms with van der Waals surface area (Å²) in [4.78, 5) is 22.9. The first kappa shape index (κ1) is 14.0. The fourth-order valence-electron chi connectivity index (χ4n) is 2.15. The first-order chi connectivity index (χ1) is 7.98. The monoisotopic (exact) mass is 242 g/mol. The first-order valence-corrected chi connectivity index (χ1v) is 6.18. The molecule has 3 N–H and O–H groups in total. The van der Waals surface area contributed by atoms with E-state index in [-0.39, 0.29) is 12.0 Å². The highest BCUT2D eigenvalue weighted by Gasteiger charge is 2.31. The summed E-state index contributed by atoms with van der Waals surface area (Å²) in [5.74, 6) is -1.11. The predicted octanol–water partition coefficient (Wildman–Crippen LogP) is 0.573. The van der Waals surface area contributed by atoms with Crippen molar-refractivity contribution >= 4 is 11.9 Å². The Bertz CT molecular complexity index is 285. The molecular weight excluding hydrogens is 220 g/mol. The van der Waals surface area contributed by atoms with Gasteiger partial charge in [-0.2, -0.15) is 0 Å². The van der Waals surface area contributed by atoms with E-state index >= 15 is 0 Å². The van der Waals surface area contributed by atoms with Crippen LogP contribution in [0.2, 0.25) is 0 Å². The third-order valence-electron chi connectivity index (χ3n) is 3.32. The predicted molar refractivity (Wildman–Crippen MR) is 64.2 cm³/mol. The molecule has 0 aromatic carbocycles. The SMILES string of the molecule is CCOC(=O)C(N)C(=O)NCC1(C)CCCC1. The third-order valence-corrected chi connectivity index (χ3v) is 3.32.